The third kappa shape index (κ3) is 3.78. The van der Waals surface area contributed by atoms with E-state index in [1.807, 2.05) is 21.0 Å². The average molecular weight is 291 g/mol. The van der Waals surface area contributed by atoms with Crippen LogP contribution in [-0.4, -0.2) is 46.1 Å². The zero-order valence-corrected chi connectivity index (χ0v) is 13.3. The second-order valence-electron chi connectivity index (χ2n) is 4.61. The Labute approximate surface area is 125 Å². The second kappa shape index (κ2) is 7.39. The van der Waals surface area contributed by atoms with Crippen molar-refractivity contribution in [1.29, 1.82) is 5.26 Å². The lowest BCUT2D eigenvalue weighted by atomic mass is 9.95. The van der Waals surface area contributed by atoms with Crippen LogP contribution in [0, 0.1) is 11.3 Å². The van der Waals surface area contributed by atoms with Gasteiger partial charge in [0.25, 0.3) is 0 Å². The zero-order valence-electron chi connectivity index (χ0n) is 13.3. The summed E-state index contributed by atoms with van der Waals surface area (Å²) < 4.78 is 15.9. The molecule has 0 saturated heterocycles. The van der Waals surface area contributed by atoms with Gasteiger partial charge in [0.15, 0.2) is 11.5 Å². The van der Waals surface area contributed by atoms with Gasteiger partial charge in [0.2, 0.25) is 5.75 Å². The van der Waals surface area contributed by atoms with Gasteiger partial charge in [-0.2, -0.15) is 10.4 Å². The molecular formula is C15H21N3O3. The van der Waals surface area contributed by atoms with Crippen molar-refractivity contribution in [2.75, 3.05) is 35.4 Å². The Kier molecular flexibility index (Phi) is 5.85. The van der Waals surface area contributed by atoms with Gasteiger partial charge in [-0.25, -0.2) is 0 Å². The SMILES string of the molecule is COc1cc(C(C#N)/C(C)=N/N(C)C)cc(OC)c1OC. The molecule has 1 aromatic rings. The van der Waals surface area contributed by atoms with Crippen LogP contribution in [0.5, 0.6) is 17.2 Å². The summed E-state index contributed by atoms with van der Waals surface area (Å²) in [6.45, 7) is 1.82. The first kappa shape index (κ1) is 16.6. The Hall–Kier alpha value is -2.42. The van der Waals surface area contributed by atoms with E-state index in [-0.39, 0.29) is 0 Å². The second-order valence-corrected chi connectivity index (χ2v) is 4.61. The molecular weight excluding hydrogens is 270 g/mol. The number of hydrogen-bond donors (Lipinski definition) is 0. The average Bonchev–Trinajstić information content (AvgIpc) is 2.45. The summed E-state index contributed by atoms with van der Waals surface area (Å²) in [5.74, 6) is 1.05. The third-order valence-electron chi connectivity index (χ3n) is 2.92. The topological polar surface area (TPSA) is 67.1 Å². The minimum atomic E-state index is -0.485. The molecule has 0 fully saturated rings. The molecule has 0 aliphatic rings. The van der Waals surface area contributed by atoms with Gasteiger partial charge >= 0.3 is 0 Å². The molecule has 1 atom stereocenters. The molecule has 0 radical (unpaired) electrons. The van der Waals surface area contributed by atoms with Crippen LogP contribution in [0.2, 0.25) is 0 Å². The highest BCUT2D eigenvalue weighted by atomic mass is 16.5. The Balaban J connectivity index is 3.38. The van der Waals surface area contributed by atoms with Crippen LogP contribution in [0.1, 0.15) is 18.4 Å². The molecule has 6 nitrogen and oxygen atoms in total. The maximum atomic E-state index is 9.45. The summed E-state index contributed by atoms with van der Waals surface area (Å²) in [7, 11) is 8.26. The minimum Gasteiger partial charge on any atom is -0.493 e. The van der Waals surface area contributed by atoms with Gasteiger partial charge in [0, 0.05) is 14.1 Å². The van der Waals surface area contributed by atoms with E-state index < -0.39 is 5.92 Å². The number of hydrazone groups is 1. The van der Waals surface area contributed by atoms with Gasteiger partial charge in [-0.05, 0) is 24.6 Å². The molecule has 1 rings (SSSR count). The molecule has 0 N–H and O–H groups in total. The van der Waals surface area contributed by atoms with Crippen molar-refractivity contribution in [2.45, 2.75) is 12.8 Å². The molecule has 21 heavy (non-hydrogen) atoms. The number of nitrogens with zero attached hydrogens (tertiary/aromatic N) is 3. The van der Waals surface area contributed by atoms with Gasteiger partial charge in [-0.1, -0.05) is 0 Å². The van der Waals surface area contributed by atoms with Crippen molar-refractivity contribution < 1.29 is 14.2 Å². The Morgan fingerprint density at radius 3 is 2.00 bits per heavy atom. The van der Waals surface area contributed by atoms with E-state index in [1.54, 1.807) is 38.5 Å². The van der Waals surface area contributed by atoms with Gasteiger partial charge in [-0.15, -0.1) is 0 Å². The summed E-state index contributed by atoms with van der Waals surface area (Å²) in [6.07, 6.45) is 0. The summed E-state index contributed by atoms with van der Waals surface area (Å²) in [5, 5.41) is 15.4. The lowest BCUT2D eigenvalue weighted by Crippen LogP contribution is -2.13. The maximum Gasteiger partial charge on any atom is 0.203 e. The molecule has 0 amide bonds. The molecule has 0 heterocycles. The minimum absolute atomic E-state index is 0.485. The van der Waals surface area contributed by atoms with Gasteiger partial charge < -0.3 is 19.2 Å². The van der Waals surface area contributed by atoms with Gasteiger partial charge in [-0.3, -0.25) is 0 Å². The Morgan fingerprint density at radius 2 is 1.67 bits per heavy atom. The van der Waals surface area contributed by atoms with Crippen molar-refractivity contribution in [2.24, 2.45) is 5.10 Å². The van der Waals surface area contributed by atoms with Crippen LogP contribution >= 0.6 is 0 Å². The molecule has 6 heteroatoms. The molecule has 0 spiro atoms. The molecule has 0 aromatic heterocycles. The normalized spacial score (nSPS) is 12.3. The molecule has 0 aliphatic heterocycles. The van der Waals surface area contributed by atoms with E-state index in [1.165, 1.54) is 0 Å². The highest BCUT2D eigenvalue weighted by Crippen LogP contribution is 2.40. The Bertz CT molecular complexity index is 537. The van der Waals surface area contributed by atoms with Crippen LogP contribution < -0.4 is 14.2 Å². The maximum absolute atomic E-state index is 9.45. The predicted octanol–water partition coefficient (Wildman–Crippen LogP) is 2.26. The molecule has 0 aliphatic carbocycles. The van der Waals surface area contributed by atoms with Crippen LogP contribution in [-0.2, 0) is 0 Å². The fraction of sp³-hybridized carbons (Fsp3) is 0.467. The highest BCUT2D eigenvalue weighted by molar-refractivity contribution is 5.91. The van der Waals surface area contributed by atoms with Crippen LogP contribution in [0.4, 0.5) is 0 Å². The van der Waals surface area contributed by atoms with Crippen molar-refractivity contribution in [3.63, 3.8) is 0 Å². The van der Waals surface area contributed by atoms with E-state index in [0.717, 1.165) is 5.56 Å². The summed E-state index contributed by atoms with van der Waals surface area (Å²) in [4.78, 5) is 0. The van der Waals surface area contributed by atoms with Crippen molar-refractivity contribution in [1.82, 2.24) is 5.01 Å². The highest BCUT2D eigenvalue weighted by Gasteiger charge is 2.21. The van der Waals surface area contributed by atoms with Crippen LogP contribution in [0.15, 0.2) is 17.2 Å². The molecule has 0 bridgehead atoms. The summed E-state index contributed by atoms with van der Waals surface area (Å²) in [6, 6.07) is 5.79. The summed E-state index contributed by atoms with van der Waals surface area (Å²) >= 11 is 0. The van der Waals surface area contributed by atoms with Crippen LogP contribution in [0.3, 0.4) is 0 Å². The molecule has 0 saturated carbocycles. The smallest absolute Gasteiger partial charge is 0.203 e. The van der Waals surface area contributed by atoms with E-state index in [9.17, 15) is 5.26 Å². The third-order valence-corrected chi connectivity index (χ3v) is 2.92. The monoisotopic (exact) mass is 291 g/mol. The van der Waals surface area contributed by atoms with E-state index >= 15 is 0 Å². The number of benzene rings is 1. The number of hydrogen-bond acceptors (Lipinski definition) is 6. The van der Waals surface area contributed by atoms with Gasteiger partial charge in [0.05, 0.1) is 33.1 Å². The number of ether oxygens (including phenoxy) is 3. The van der Waals surface area contributed by atoms with Crippen molar-refractivity contribution in [3.8, 4) is 23.3 Å². The lowest BCUT2D eigenvalue weighted by Gasteiger charge is -2.17. The largest absolute Gasteiger partial charge is 0.493 e. The first-order valence-corrected chi connectivity index (χ1v) is 6.40. The predicted molar refractivity (Wildman–Crippen MR) is 81.2 cm³/mol. The fourth-order valence-electron chi connectivity index (χ4n) is 2.05. The molecule has 114 valence electrons. The zero-order chi connectivity index (χ0) is 16.0. The number of nitriles is 1. The first-order chi connectivity index (χ1) is 9.98. The molecule has 1 aromatic carbocycles. The molecule has 1 unspecified atom stereocenters. The first-order valence-electron chi connectivity index (χ1n) is 6.40. The van der Waals surface area contributed by atoms with Gasteiger partial charge in [0.1, 0.15) is 5.92 Å². The quantitative estimate of drug-likeness (QED) is 0.594. The lowest BCUT2D eigenvalue weighted by molar-refractivity contribution is 0.324. The number of methoxy groups -OCH3 is 3. The van der Waals surface area contributed by atoms with Crippen molar-refractivity contribution >= 4 is 5.71 Å². The summed E-state index contributed by atoms with van der Waals surface area (Å²) in [5.41, 5.74) is 1.44. The Morgan fingerprint density at radius 1 is 1.14 bits per heavy atom. The van der Waals surface area contributed by atoms with Crippen molar-refractivity contribution in [3.05, 3.63) is 17.7 Å². The number of rotatable bonds is 6. The van der Waals surface area contributed by atoms with E-state index in [0.29, 0.717) is 23.0 Å². The van der Waals surface area contributed by atoms with Crippen LogP contribution in [0.25, 0.3) is 0 Å². The van der Waals surface area contributed by atoms with E-state index in [2.05, 4.69) is 11.2 Å². The fourth-order valence-corrected chi connectivity index (χ4v) is 2.05. The van der Waals surface area contributed by atoms with E-state index in [4.69, 9.17) is 14.2 Å². The standard InChI is InChI=1S/C15H21N3O3/c1-10(17-18(2)3)12(9-16)11-7-13(19-4)15(21-6)14(8-11)20-5/h7-8,12H,1-6H3/b17-10+.